The Morgan fingerprint density at radius 3 is 2.67 bits per heavy atom. The number of rotatable bonds is 6. The first-order valence-corrected chi connectivity index (χ1v) is 9.19. The van der Waals surface area contributed by atoms with Gasteiger partial charge in [-0.25, -0.2) is 4.98 Å². The van der Waals surface area contributed by atoms with Gasteiger partial charge in [0, 0.05) is 18.7 Å². The lowest BCUT2D eigenvalue weighted by Gasteiger charge is -2.24. The summed E-state index contributed by atoms with van der Waals surface area (Å²) >= 11 is 0. The fourth-order valence-electron chi connectivity index (χ4n) is 3.15. The van der Waals surface area contributed by atoms with Gasteiger partial charge in [0.15, 0.2) is 5.82 Å². The van der Waals surface area contributed by atoms with Crippen LogP contribution in [0, 0.1) is 0 Å². The Labute approximate surface area is 158 Å². The largest absolute Gasteiger partial charge is 0.497 e. The van der Waals surface area contributed by atoms with E-state index in [0.29, 0.717) is 24.2 Å². The van der Waals surface area contributed by atoms with Gasteiger partial charge in [0.05, 0.1) is 12.7 Å². The van der Waals surface area contributed by atoms with Crippen LogP contribution in [0.15, 0.2) is 47.1 Å². The summed E-state index contributed by atoms with van der Waals surface area (Å²) in [6.45, 7) is 2.10. The molecule has 0 unspecified atom stereocenters. The third kappa shape index (κ3) is 4.43. The van der Waals surface area contributed by atoms with Crippen molar-refractivity contribution in [3.05, 3.63) is 54.0 Å². The van der Waals surface area contributed by atoms with Gasteiger partial charge >= 0.3 is 0 Å². The Bertz CT molecular complexity index is 855. The first-order chi connectivity index (χ1) is 13.3. The maximum atomic E-state index is 5.40. The smallest absolute Gasteiger partial charge is 0.259 e. The molecule has 0 bridgehead atoms. The molecule has 0 amide bonds. The number of nitrogens with one attached hydrogen (secondary N) is 2. The van der Waals surface area contributed by atoms with Crippen molar-refractivity contribution in [1.29, 1.82) is 0 Å². The highest BCUT2D eigenvalue weighted by molar-refractivity contribution is 5.54. The van der Waals surface area contributed by atoms with Crippen LogP contribution in [0.3, 0.4) is 0 Å². The zero-order chi connectivity index (χ0) is 18.5. The van der Waals surface area contributed by atoms with E-state index >= 15 is 0 Å². The molecule has 2 aromatic heterocycles. The number of aromatic nitrogens is 3. The van der Waals surface area contributed by atoms with E-state index < -0.39 is 0 Å². The molecule has 0 radical (unpaired) electrons. The molecule has 0 saturated carbocycles. The molecule has 1 aromatic carbocycles. The first-order valence-electron chi connectivity index (χ1n) is 9.19. The summed E-state index contributed by atoms with van der Waals surface area (Å²) in [5, 5.41) is 10.9. The molecule has 7 nitrogen and oxygen atoms in total. The van der Waals surface area contributed by atoms with E-state index in [0.717, 1.165) is 48.6 Å². The second-order valence-electron chi connectivity index (χ2n) is 6.64. The molecule has 3 heterocycles. The molecule has 27 heavy (non-hydrogen) atoms. The van der Waals surface area contributed by atoms with Gasteiger partial charge in [-0.2, -0.15) is 4.98 Å². The van der Waals surface area contributed by atoms with Gasteiger partial charge in [-0.05, 0) is 55.8 Å². The van der Waals surface area contributed by atoms with Crippen LogP contribution in [0.2, 0.25) is 0 Å². The van der Waals surface area contributed by atoms with Crippen molar-refractivity contribution in [1.82, 2.24) is 20.4 Å². The third-order valence-electron chi connectivity index (χ3n) is 4.69. The Hall–Kier alpha value is -2.93. The monoisotopic (exact) mass is 365 g/mol. The lowest BCUT2D eigenvalue weighted by atomic mass is 10.1. The molecule has 7 heteroatoms. The minimum absolute atomic E-state index is 0.476. The molecule has 3 aromatic rings. The van der Waals surface area contributed by atoms with E-state index in [4.69, 9.17) is 9.26 Å². The normalized spacial score (nSPS) is 14.9. The van der Waals surface area contributed by atoms with E-state index in [-0.39, 0.29) is 0 Å². The lowest BCUT2D eigenvalue weighted by molar-refractivity contribution is 0.414. The van der Waals surface area contributed by atoms with Crippen LogP contribution in [0.1, 0.15) is 24.2 Å². The Kier molecular flexibility index (Phi) is 5.29. The number of pyridine rings is 1. The molecule has 1 aliphatic heterocycles. The number of hydrogen-bond acceptors (Lipinski definition) is 7. The molecule has 1 saturated heterocycles. The number of benzene rings is 1. The van der Waals surface area contributed by atoms with Crippen molar-refractivity contribution in [2.75, 3.05) is 25.5 Å². The van der Waals surface area contributed by atoms with Crippen LogP contribution in [0.25, 0.3) is 11.5 Å². The summed E-state index contributed by atoms with van der Waals surface area (Å²) in [7, 11) is 1.65. The summed E-state index contributed by atoms with van der Waals surface area (Å²) in [5.74, 6) is 2.84. The average Bonchev–Trinajstić information content (AvgIpc) is 3.18. The van der Waals surface area contributed by atoms with Gasteiger partial charge in [0.25, 0.3) is 5.89 Å². The van der Waals surface area contributed by atoms with Crippen molar-refractivity contribution < 1.29 is 9.26 Å². The molecule has 2 N–H and O–H groups in total. The number of hydrogen-bond donors (Lipinski definition) is 2. The predicted molar refractivity (Wildman–Crippen MR) is 103 cm³/mol. The zero-order valence-corrected chi connectivity index (χ0v) is 15.3. The quantitative estimate of drug-likeness (QED) is 0.695. The first kappa shape index (κ1) is 17.5. The standard InChI is InChI=1S/C20H23N5O2/c1-26-17-5-2-14(3-6-17)12-19-24-20(27-25-19)15-4-7-18(22-13-15)23-16-8-10-21-11-9-16/h2-7,13,16,21H,8-12H2,1H3,(H,22,23). The number of anilines is 1. The molecule has 1 fully saturated rings. The second kappa shape index (κ2) is 8.18. The van der Waals surface area contributed by atoms with E-state index in [1.807, 2.05) is 36.4 Å². The van der Waals surface area contributed by atoms with Crippen LogP contribution in [-0.4, -0.2) is 41.4 Å². The average molecular weight is 365 g/mol. The minimum Gasteiger partial charge on any atom is -0.497 e. The zero-order valence-electron chi connectivity index (χ0n) is 15.3. The number of nitrogens with zero attached hydrogens (tertiary/aromatic N) is 3. The summed E-state index contributed by atoms with van der Waals surface area (Å²) in [6, 6.07) is 12.2. The van der Waals surface area contributed by atoms with E-state index in [1.165, 1.54) is 0 Å². The van der Waals surface area contributed by atoms with Crippen LogP contribution < -0.4 is 15.4 Å². The van der Waals surface area contributed by atoms with Crippen molar-refractivity contribution in [3.63, 3.8) is 0 Å². The van der Waals surface area contributed by atoms with Gasteiger partial charge < -0.3 is 19.9 Å². The SMILES string of the molecule is COc1ccc(Cc2noc(-c3ccc(NC4CCNCC4)nc3)n2)cc1. The van der Waals surface area contributed by atoms with Gasteiger partial charge in [-0.1, -0.05) is 17.3 Å². The minimum atomic E-state index is 0.476. The molecule has 140 valence electrons. The third-order valence-corrected chi connectivity index (χ3v) is 4.69. The Morgan fingerprint density at radius 2 is 1.96 bits per heavy atom. The maximum Gasteiger partial charge on any atom is 0.259 e. The number of piperidine rings is 1. The van der Waals surface area contributed by atoms with Gasteiger partial charge in [-0.3, -0.25) is 0 Å². The van der Waals surface area contributed by atoms with Crippen molar-refractivity contribution in [3.8, 4) is 17.2 Å². The van der Waals surface area contributed by atoms with Gasteiger partial charge in [-0.15, -0.1) is 0 Å². The molecule has 0 atom stereocenters. The van der Waals surface area contributed by atoms with Crippen molar-refractivity contribution in [2.45, 2.75) is 25.3 Å². The topological polar surface area (TPSA) is 85.1 Å². The molecule has 4 rings (SSSR count). The maximum absolute atomic E-state index is 5.40. The number of ether oxygens (including phenoxy) is 1. The van der Waals surface area contributed by atoms with Gasteiger partial charge in [0.1, 0.15) is 11.6 Å². The fraction of sp³-hybridized carbons (Fsp3) is 0.350. The Morgan fingerprint density at radius 1 is 1.15 bits per heavy atom. The molecular weight excluding hydrogens is 342 g/mol. The fourth-order valence-corrected chi connectivity index (χ4v) is 3.15. The summed E-state index contributed by atoms with van der Waals surface area (Å²) in [6.07, 6.45) is 4.61. The van der Waals surface area contributed by atoms with E-state index in [9.17, 15) is 0 Å². The van der Waals surface area contributed by atoms with E-state index in [2.05, 4.69) is 25.8 Å². The van der Waals surface area contributed by atoms with Crippen LogP contribution in [0.4, 0.5) is 5.82 Å². The highest BCUT2D eigenvalue weighted by Crippen LogP contribution is 2.20. The van der Waals surface area contributed by atoms with Gasteiger partial charge in [0.2, 0.25) is 0 Å². The summed E-state index contributed by atoms with van der Waals surface area (Å²) < 4.78 is 10.6. The van der Waals surface area contributed by atoms with E-state index in [1.54, 1.807) is 13.3 Å². The highest BCUT2D eigenvalue weighted by Gasteiger charge is 2.14. The van der Waals surface area contributed by atoms with Crippen molar-refractivity contribution >= 4 is 5.82 Å². The van der Waals surface area contributed by atoms with Crippen LogP contribution >= 0.6 is 0 Å². The molecular formula is C20H23N5O2. The Balaban J connectivity index is 1.39. The number of methoxy groups -OCH3 is 1. The van der Waals surface area contributed by atoms with Crippen molar-refractivity contribution in [2.24, 2.45) is 0 Å². The lowest BCUT2D eigenvalue weighted by Crippen LogP contribution is -2.35. The van der Waals surface area contributed by atoms with Crippen LogP contribution in [-0.2, 0) is 6.42 Å². The van der Waals surface area contributed by atoms with Crippen LogP contribution in [0.5, 0.6) is 5.75 Å². The summed E-state index contributed by atoms with van der Waals surface area (Å²) in [4.78, 5) is 8.97. The predicted octanol–water partition coefficient (Wildman–Crippen LogP) is 2.89. The summed E-state index contributed by atoms with van der Waals surface area (Å²) in [5.41, 5.74) is 1.92. The molecule has 0 spiro atoms. The second-order valence-corrected chi connectivity index (χ2v) is 6.64. The molecule has 1 aliphatic rings. The highest BCUT2D eigenvalue weighted by atomic mass is 16.5. The molecule has 0 aliphatic carbocycles.